The Morgan fingerprint density at radius 3 is 2.29 bits per heavy atom. The van der Waals surface area contributed by atoms with E-state index in [1.54, 1.807) is 6.92 Å². The molecule has 0 saturated heterocycles. The van der Waals surface area contributed by atoms with Crippen LogP contribution in [0.25, 0.3) is 0 Å². The number of carbonyl (C=O) groups excluding carboxylic acids is 3. The van der Waals surface area contributed by atoms with E-state index in [1.165, 1.54) is 0 Å². The first kappa shape index (κ1) is 23.8. The molecule has 0 unspecified atom stereocenters. The summed E-state index contributed by atoms with van der Waals surface area (Å²) in [4.78, 5) is 46.5. The van der Waals surface area contributed by atoms with E-state index < -0.39 is 42.0 Å². The molecule has 8 nitrogen and oxygen atoms in total. The van der Waals surface area contributed by atoms with Crippen molar-refractivity contribution in [3.63, 3.8) is 0 Å². The van der Waals surface area contributed by atoms with Crippen molar-refractivity contribution in [1.82, 2.24) is 0 Å². The van der Waals surface area contributed by atoms with Crippen LogP contribution >= 0.6 is 0 Å². The topological polar surface area (TPSA) is 127 Å². The number of ether oxygens (including phenoxy) is 2. The molecular formula is C20H30O8. The monoisotopic (exact) mass is 398 g/mol. The van der Waals surface area contributed by atoms with Crippen molar-refractivity contribution in [2.24, 2.45) is 0 Å². The number of hydrogen-bond donors (Lipinski definition) is 2. The summed E-state index contributed by atoms with van der Waals surface area (Å²) in [5.74, 6) is -3.20. The van der Waals surface area contributed by atoms with Crippen molar-refractivity contribution >= 4 is 23.7 Å². The van der Waals surface area contributed by atoms with Crippen LogP contribution in [0.3, 0.4) is 0 Å². The van der Waals surface area contributed by atoms with Gasteiger partial charge in [0.05, 0.1) is 18.9 Å². The Labute approximate surface area is 164 Å². The van der Waals surface area contributed by atoms with Gasteiger partial charge in [0.25, 0.3) is 0 Å². The third-order valence-corrected chi connectivity index (χ3v) is 4.58. The second-order valence-corrected chi connectivity index (χ2v) is 7.02. The van der Waals surface area contributed by atoms with E-state index in [2.05, 4.69) is 0 Å². The van der Waals surface area contributed by atoms with Crippen LogP contribution in [0.1, 0.15) is 71.1 Å². The molecule has 8 heteroatoms. The predicted octanol–water partition coefficient (Wildman–Crippen LogP) is 2.32. The van der Waals surface area contributed by atoms with E-state index >= 15 is 0 Å². The fourth-order valence-electron chi connectivity index (χ4n) is 2.87. The molecule has 3 atom stereocenters. The van der Waals surface area contributed by atoms with E-state index in [0.29, 0.717) is 19.3 Å². The number of carboxylic acid groups (broad SMARTS) is 1. The van der Waals surface area contributed by atoms with Crippen LogP contribution in [0, 0.1) is 0 Å². The zero-order chi connectivity index (χ0) is 20.9. The number of rotatable bonds is 4. The van der Waals surface area contributed by atoms with Gasteiger partial charge in [0, 0.05) is 6.08 Å². The lowest BCUT2D eigenvalue weighted by Crippen LogP contribution is -2.29. The third kappa shape index (κ3) is 10.2. The van der Waals surface area contributed by atoms with Crippen molar-refractivity contribution in [2.75, 3.05) is 0 Å². The van der Waals surface area contributed by atoms with Crippen LogP contribution < -0.4 is 0 Å². The van der Waals surface area contributed by atoms with Gasteiger partial charge >= 0.3 is 17.9 Å². The Morgan fingerprint density at radius 2 is 1.64 bits per heavy atom. The van der Waals surface area contributed by atoms with E-state index in [-0.39, 0.29) is 12.8 Å². The molecule has 0 aromatic rings. The molecule has 0 radical (unpaired) electrons. The van der Waals surface area contributed by atoms with Gasteiger partial charge in [-0.05, 0) is 32.3 Å². The molecular weight excluding hydrogens is 368 g/mol. The molecule has 2 N–H and O–H groups in total. The Kier molecular flexibility index (Phi) is 11.1. The largest absolute Gasteiger partial charge is 0.481 e. The minimum atomic E-state index is -1.12. The van der Waals surface area contributed by atoms with Gasteiger partial charge in [-0.2, -0.15) is 0 Å². The lowest BCUT2D eigenvalue weighted by Gasteiger charge is -2.19. The van der Waals surface area contributed by atoms with Gasteiger partial charge < -0.3 is 19.7 Å². The molecule has 0 fully saturated rings. The molecule has 0 bridgehead atoms. The molecule has 0 spiro atoms. The van der Waals surface area contributed by atoms with E-state index in [9.17, 15) is 24.3 Å². The fraction of sp³-hybridized carbons (Fsp3) is 0.700. The van der Waals surface area contributed by atoms with E-state index in [4.69, 9.17) is 14.6 Å². The summed E-state index contributed by atoms with van der Waals surface area (Å²) in [6.07, 6.45) is 4.88. The number of carbonyl (C=O) groups is 4. The molecule has 0 amide bonds. The molecule has 28 heavy (non-hydrogen) atoms. The zero-order valence-corrected chi connectivity index (χ0v) is 16.3. The van der Waals surface area contributed by atoms with Crippen LogP contribution in [0.4, 0.5) is 0 Å². The van der Waals surface area contributed by atoms with Gasteiger partial charge in [-0.1, -0.05) is 32.1 Å². The van der Waals surface area contributed by atoms with Gasteiger partial charge in [-0.3, -0.25) is 14.4 Å². The molecule has 158 valence electrons. The number of esters is 2. The number of aliphatic carboxylic acids is 1. The lowest BCUT2D eigenvalue weighted by atomic mass is 10.0. The first-order chi connectivity index (χ1) is 13.3. The molecule has 1 aliphatic heterocycles. The molecule has 1 aliphatic rings. The minimum absolute atomic E-state index is 0.312. The summed E-state index contributed by atoms with van der Waals surface area (Å²) >= 11 is 0. The first-order valence-corrected chi connectivity index (χ1v) is 9.81. The number of carboxylic acids is 1. The summed E-state index contributed by atoms with van der Waals surface area (Å²) < 4.78 is 10.2. The Morgan fingerprint density at radius 1 is 1.04 bits per heavy atom. The van der Waals surface area contributed by atoms with Crippen molar-refractivity contribution in [3.8, 4) is 0 Å². The lowest BCUT2D eigenvalue weighted by molar-refractivity contribution is -0.155. The van der Waals surface area contributed by atoms with Crippen molar-refractivity contribution in [3.05, 3.63) is 12.2 Å². The average molecular weight is 398 g/mol. The van der Waals surface area contributed by atoms with Crippen LogP contribution in [0.15, 0.2) is 12.2 Å². The highest BCUT2D eigenvalue weighted by Gasteiger charge is 2.22. The smallest absolute Gasteiger partial charge is 0.331 e. The second-order valence-electron chi connectivity index (χ2n) is 7.02. The highest BCUT2D eigenvalue weighted by Crippen LogP contribution is 2.16. The highest BCUT2D eigenvalue weighted by molar-refractivity contribution is 5.99. The molecule has 0 aromatic carbocycles. The third-order valence-electron chi connectivity index (χ3n) is 4.58. The Hall–Kier alpha value is -2.22. The first-order valence-electron chi connectivity index (χ1n) is 9.81. The summed E-state index contributed by atoms with van der Waals surface area (Å²) in [6.45, 7) is 1.59. The Balaban J connectivity index is 2.75. The summed E-state index contributed by atoms with van der Waals surface area (Å²) in [5.41, 5.74) is 0. The number of ketones is 1. The summed E-state index contributed by atoms with van der Waals surface area (Å²) in [7, 11) is 0. The number of cyclic esters (lactones) is 1. The fourth-order valence-corrected chi connectivity index (χ4v) is 2.87. The predicted molar refractivity (Wildman–Crippen MR) is 99.4 cm³/mol. The summed E-state index contributed by atoms with van der Waals surface area (Å²) in [6, 6.07) is 0. The molecule has 1 rings (SSSR count). The van der Waals surface area contributed by atoms with E-state index in [1.807, 2.05) is 0 Å². The number of aliphatic hydroxyl groups is 1. The highest BCUT2D eigenvalue weighted by atomic mass is 16.6. The normalized spacial score (nSPS) is 25.7. The SMILES string of the molecule is C[C@H]1OC(=O)C=CC(=O)[C@@H](OC(=O)CCC(=O)O)CCCCCCCC[C@@H]1O. The quantitative estimate of drug-likeness (QED) is 0.691. The van der Waals surface area contributed by atoms with Gasteiger partial charge in [0.15, 0.2) is 11.9 Å². The van der Waals surface area contributed by atoms with Crippen LogP contribution in [-0.2, 0) is 28.7 Å². The van der Waals surface area contributed by atoms with Gasteiger partial charge in [-0.15, -0.1) is 0 Å². The minimum Gasteiger partial charge on any atom is -0.481 e. The zero-order valence-electron chi connectivity index (χ0n) is 16.3. The maximum absolute atomic E-state index is 12.3. The maximum atomic E-state index is 12.3. The van der Waals surface area contributed by atoms with Gasteiger partial charge in [0.1, 0.15) is 6.10 Å². The molecule has 1 heterocycles. The van der Waals surface area contributed by atoms with E-state index in [0.717, 1.165) is 44.3 Å². The van der Waals surface area contributed by atoms with Crippen molar-refractivity contribution < 1.29 is 38.9 Å². The summed E-state index contributed by atoms with van der Waals surface area (Å²) in [5, 5.41) is 18.7. The number of hydrogen-bond acceptors (Lipinski definition) is 7. The van der Waals surface area contributed by atoms with Gasteiger partial charge in [0.2, 0.25) is 0 Å². The molecule has 0 aromatic heterocycles. The molecule has 0 saturated carbocycles. The van der Waals surface area contributed by atoms with Gasteiger partial charge in [-0.25, -0.2) is 4.79 Å². The second kappa shape index (κ2) is 13.0. The average Bonchev–Trinajstić information content (AvgIpc) is 2.64. The van der Waals surface area contributed by atoms with Crippen LogP contribution in [0.5, 0.6) is 0 Å². The Bertz CT molecular complexity index is 569. The van der Waals surface area contributed by atoms with Crippen LogP contribution in [0.2, 0.25) is 0 Å². The standard InChI is InChI=1S/C20H30O8/c1-14-15(21)8-6-4-2-3-5-7-9-17(16(22)10-12-19(25)27-14)28-20(26)13-11-18(23)24/h10,12,14-15,17,21H,2-9,11,13H2,1H3,(H,23,24)/t14-,15+,17+/m1/s1. The molecule has 0 aliphatic carbocycles. The van der Waals surface area contributed by atoms with Crippen molar-refractivity contribution in [2.45, 2.75) is 89.4 Å². The van der Waals surface area contributed by atoms with Crippen molar-refractivity contribution in [1.29, 1.82) is 0 Å². The maximum Gasteiger partial charge on any atom is 0.331 e. The number of aliphatic hydroxyl groups excluding tert-OH is 1. The van der Waals surface area contributed by atoms with Crippen LogP contribution in [-0.4, -0.2) is 52.2 Å².